The molecule has 4 rings (SSSR count). The van der Waals surface area contributed by atoms with Gasteiger partial charge in [-0.3, -0.25) is 4.79 Å². The Hall–Kier alpha value is -3.09. The van der Waals surface area contributed by atoms with Crippen LogP contribution in [0.15, 0.2) is 42.5 Å². The molecule has 0 radical (unpaired) electrons. The number of carbonyl (C=O) groups is 1. The third kappa shape index (κ3) is 2.89. The first-order valence-electron chi connectivity index (χ1n) is 8.70. The van der Waals surface area contributed by atoms with Crippen LogP contribution >= 0.6 is 0 Å². The fraction of sp³-hybridized carbons (Fsp3) is 0.250. The maximum Gasteiger partial charge on any atom is 0.254 e. The van der Waals surface area contributed by atoms with E-state index in [-0.39, 0.29) is 29.6 Å². The van der Waals surface area contributed by atoms with Gasteiger partial charge in [0, 0.05) is 29.3 Å². The van der Waals surface area contributed by atoms with Crippen molar-refractivity contribution in [1.29, 1.82) is 0 Å². The van der Waals surface area contributed by atoms with E-state index in [9.17, 15) is 13.6 Å². The third-order valence-corrected chi connectivity index (χ3v) is 4.98. The van der Waals surface area contributed by atoms with E-state index in [4.69, 9.17) is 0 Å². The van der Waals surface area contributed by atoms with Gasteiger partial charge >= 0.3 is 0 Å². The van der Waals surface area contributed by atoms with E-state index < -0.39 is 11.6 Å². The summed E-state index contributed by atoms with van der Waals surface area (Å²) in [5.74, 6) is -0.855. The van der Waals surface area contributed by atoms with Crippen LogP contribution in [0, 0.1) is 18.6 Å². The van der Waals surface area contributed by atoms with Crippen LogP contribution in [0.5, 0.6) is 0 Å². The molecule has 1 aliphatic heterocycles. The number of aromatic nitrogens is 3. The van der Waals surface area contributed by atoms with Gasteiger partial charge in [-0.05, 0) is 26.0 Å². The van der Waals surface area contributed by atoms with Gasteiger partial charge < -0.3 is 9.47 Å². The van der Waals surface area contributed by atoms with E-state index in [0.717, 1.165) is 17.5 Å². The summed E-state index contributed by atoms with van der Waals surface area (Å²) in [5, 5.41) is 8.51. The molecule has 1 unspecified atom stereocenters. The van der Waals surface area contributed by atoms with Crippen LogP contribution in [0.3, 0.4) is 0 Å². The maximum atomic E-state index is 13.9. The summed E-state index contributed by atoms with van der Waals surface area (Å²) < 4.78 is 29.3. The minimum absolute atomic E-state index is 0.0178. The van der Waals surface area contributed by atoms with Gasteiger partial charge in [0.05, 0.1) is 6.54 Å². The normalized spacial score (nSPS) is 16.3. The van der Waals surface area contributed by atoms with Gasteiger partial charge in [-0.15, -0.1) is 10.2 Å². The number of rotatable bonds is 2. The van der Waals surface area contributed by atoms with E-state index in [1.807, 2.05) is 41.8 Å². The molecule has 2 heterocycles. The first-order valence-corrected chi connectivity index (χ1v) is 8.70. The average Bonchev–Trinajstić information content (AvgIpc) is 3.08. The molecular weight excluding hydrogens is 350 g/mol. The fourth-order valence-electron chi connectivity index (χ4n) is 3.43. The molecule has 1 aliphatic rings. The lowest BCUT2D eigenvalue weighted by Gasteiger charge is -2.34. The van der Waals surface area contributed by atoms with Crippen LogP contribution in [0.4, 0.5) is 8.78 Å². The smallest absolute Gasteiger partial charge is 0.254 e. The molecule has 5 nitrogen and oxygen atoms in total. The van der Waals surface area contributed by atoms with Crippen molar-refractivity contribution in [3.8, 4) is 11.4 Å². The van der Waals surface area contributed by atoms with Gasteiger partial charge in [-0.1, -0.05) is 30.3 Å². The number of nitrogens with zero attached hydrogens (tertiary/aromatic N) is 4. The van der Waals surface area contributed by atoms with Crippen molar-refractivity contribution in [2.45, 2.75) is 33.0 Å². The van der Waals surface area contributed by atoms with Crippen LogP contribution in [-0.2, 0) is 13.1 Å². The Morgan fingerprint density at radius 2 is 1.85 bits per heavy atom. The van der Waals surface area contributed by atoms with Gasteiger partial charge in [-0.2, -0.15) is 0 Å². The number of hydrogen-bond donors (Lipinski definition) is 0. The van der Waals surface area contributed by atoms with Gasteiger partial charge in [0.25, 0.3) is 5.91 Å². The van der Waals surface area contributed by atoms with Crippen LogP contribution in [0.2, 0.25) is 0 Å². The van der Waals surface area contributed by atoms with Crippen molar-refractivity contribution in [3.05, 3.63) is 71.1 Å². The Morgan fingerprint density at radius 3 is 2.59 bits per heavy atom. The standard InChI is InChI=1S/C20H18F2N4O/c1-12-10-26-17(23-24-19(26)14-6-4-3-5-7-14)11-25(12)20(27)15-8-9-16(21)18(22)13(15)2/h3-9,12H,10-11H2,1-2H3. The Bertz CT molecular complexity index is 1020. The van der Waals surface area contributed by atoms with E-state index in [1.165, 1.54) is 13.0 Å². The molecule has 0 aliphatic carbocycles. The zero-order chi connectivity index (χ0) is 19.1. The summed E-state index contributed by atoms with van der Waals surface area (Å²) in [6.07, 6.45) is 0. The summed E-state index contributed by atoms with van der Waals surface area (Å²) in [6.45, 7) is 4.13. The summed E-state index contributed by atoms with van der Waals surface area (Å²) >= 11 is 0. The fourth-order valence-corrected chi connectivity index (χ4v) is 3.43. The molecule has 0 fully saturated rings. The highest BCUT2D eigenvalue weighted by Gasteiger charge is 2.31. The highest BCUT2D eigenvalue weighted by atomic mass is 19.2. The molecule has 138 valence electrons. The third-order valence-electron chi connectivity index (χ3n) is 4.98. The second-order valence-corrected chi connectivity index (χ2v) is 6.73. The predicted octanol–water partition coefficient (Wildman–Crippen LogP) is 3.58. The van der Waals surface area contributed by atoms with Gasteiger partial charge in [0.2, 0.25) is 0 Å². The van der Waals surface area contributed by atoms with Crippen molar-refractivity contribution in [3.63, 3.8) is 0 Å². The first kappa shape index (κ1) is 17.3. The molecule has 0 spiro atoms. The number of halogens is 2. The Kier molecular flexibility index (Phi) is 4.22. The lowest BCUT2D eigenvalue weighted by molar-refractivity contribution is 0.0610. The molecule has 1 atom stereocenters. The molecule has 0 N–H and O–H groups in total. The number of hydrogen-bond acceptors (Lipinski definition) is 3. The van der Waals surface area contributed by atoms with Crippen molar-refractivity contribution >= 4 is 5.91 Å². The summed E-state index contributed by atoms with van der Waals surface area (Å²) in [5.41, 5.74) is 1.14. The zero-order valence-corrected chi connectivity index (χ0v) is 15.0. The molecule has 1 aromatic heterocycles. The second-order valence-electron chi connectivity index (χ2n) is 6.73. The first-order chi connectivity index (χ1) is 13.0. The lowest BCUT2D eigenvalue weighted by atomic mass is 10.0. The van der Waals surface area contributed by atoms with E-state index in [2.05, 4.69) is 10.2 Å². The Morgan fingerprint density at radius 1 is 1.11 bits per heavy atom. The maximum absolute atomic E-state index is 13.9. The van der Waals surface area contributed by atoms with Gasteiger partial charge in [0.15, 0.2) is 23.3 Å². The Labute approximate surface area is 155 Å². The molecule has 7 heteroatoms. The number of fused-ring (bicyclic) bond motifs is 1. The molecule has 3 aromatic rings. The molecule has 0 bridgehead atoms. The highest BCUT2D eigenvalue weighted by molar-refractivity contribution is 5.96. The summed E-state index contributed by atoms with van der Waals surface area (Å²) in [4.78, 5) is 14.6. The number of benzene rings is 2. The van der Waals surface area contributed by atoms with E-state index in [1.54, 1.807) is 4.90 Å². The quantitative estimate of drug-likeness (QED) is 0.695. The molecule has 0 saturated heterocycles. The van der Waals surface area contributed by atoms with Crippen LogP contribution < -0.4 is 0 Å². The minimum atomic E-state index is -0.986. The SMILES string of the molecule is Cc1c(C(=O)N2Cc3nnc(-c4ccccc4)n3CC2C)ccc(F)c1F. The average molecular weight is 368 g/mol. The number of amides is 1. The van der Waals surface area contributed by atoms with Crippen molar-refractivity contribution in [2.24, 2.45) is 0 Å². The zero-order valence-electron chi connectivity index (χ0n) is 15.0. The van der Waals surface area contributed by atoms with Crippen LogP contribution in [-0.4, -0.2) is 31.6 Å². The lowest BCUT2D eigenvalue weighted by Crippen LogP contribution is -2.45. The molecule has 1 amide bonds. The van der Waals surface area contributed by atoms with E-state index >= 15 is 0 Å². The topological polar surface area (TPSA) is 51.0 Å². The molecule has 27 heavy (non-hydrogen) atoms. The van der Waals surface area contributed by atoms with E-state index in [0.29, 0.717) is 12.4 Å². The summed E-state index contributed by atoms with van der Waals surface area (Å²) in [7, 11) is 0. The largest absolute Gasteiger partial charge is 0.327 e. The van der Waals surface area contributed by atoms with Crippen LogP contribution in [0.25, 0.3) is 11.4 Å². The highest BCUT2D eigenvalue weighted by Crippen LogP contribution is 2.26. The predicted molar refractivity (Wildman–Crippen MR) is 95.9 cm³/mol. The molecular formula is C20H18F2N4O. The van der Waals surface area contributed by atoms with Gasteiger partial charge in [-0.25, -0.2) is 8.78 Å². The second kappa shape index (κ2) is 6.57. The monoisotopic (exact) mass is 368 g/mol. The van der Waals surface area contributed by atoms with Crippen molar-refractivity contribution in [2.75, 3.05) is 0 Å². The molecule has 0 saturated carbocycles. The summed E-state index contributed by atoms with van der Waals surface area (Å²) in [6, 6.07) is 11.9. The molecule has 2 aromatic carbocycles. The van der Waals surface area contributed by atoms with Gasteiger partial charge in [0.1, 0.15) is 0 Å². The minimum Gasteiger partial charge on any atom is -0.327 e. The number of carbonyl (C=O) groups excluding carboxylic acids is 1. The van der Waals surface area contributed by atoms with Crippen LogP contribution in [0.1, 0.15) is 28.7 Å². The Balaban J connectivity index is 1.66. The van der Waals surface area contributed by atoms with Crippen molar-refractivity contribution in [1.82, 2.24) is 19.7 Å². The van der Waals surface area contributed by atoms with Crippen molar-refractivity contribution < 1.29 is 13.6 Å².